The van der Waals surface area contributed by atoms with Crippen LogP contribution in [0.3, 0.4) is 0 Å². The Morgan fingerprint density at radius 1 is 0.941 bits per heavy atom. The van der Waals surface area contributed by atoms with Crippen LogP contribution in [0.5, 0.6) is 0 Å². The van der Waals surface area contributed by atoms with Crippen LogP contribution in [0.2, 0.25) is 5.02 Å². The Hall–Kier alpha value is -3.24. The Kier molecular flexibility index (Phi) is 8.26. The molecule has 1 fully saturated rings. The number of carbonyl (C=O) groups is 1. The van der Waals surface area contributed by atoms with Crippen molar-refractivity contribution in [3.8, 4) is 0 Å². The van der Waals surface area contributed by atoms with E-state index < -0.39 is 0 Å². The van der Waals surface area contributed by atoms with Gasteiger partial charge in [0.15, 0.2) is 0 Å². The van der Waals surface area contributed by atoms with Crippen LogP contribution in [-0.4, -0.2) is 10.9 Å². The molecule has 0 atom stereocenters. The van der Waals surface area contributed by atoms with Crippen LogP contribution >= 0.6 is 11.6 Å². The molecule has 1 saturated carbocycles. The monoisotopic (exact) mass is 474 g/mol. The molecule has 5 rings (SSSR count). The molecule has 34 heavy (non-hydrogen) atoms. The molecule has 0 bridgehead atoms. The predicted molar refractivity (Wildman–Crippen MR) is 137 cm³/mol. The highest BCUT2D eigenvalue weighted by Gasteiger charge is 2.18. The summed E-state index contributed by atoms with van der Waals surface area (Å²) in [6.07, 6.45) is 8.25. The molecule has 0 unspecified atom stereocenters. The standard InChI is InChI=1S/C15H16FN.C14H12ClNO/c16-12-6-7-15-14(10-12)13(8-9-17-15)11-4-2-1-3-5-11;15-13-8-6-12(7-9-13)14(17)16-10-11-4-2-1-3-5-11/h6-11H,1-5H2;1-9H,10H2,(H,16,17). The molecule has 0 aliphatic heterocycles. The van der Waals surface area contributed by atoms with Crippen molar-refractivity contribution in [2.24, 2.45) is 0 Å². The molecule has 3 nitrogen and oxygen atoms in total. The van der Waals surface area contributed by atoms with Gasteiger partial charge < -0.3 is 5.32 Å². The largest absolute Gasteiger partial charge is 0.348 e. The second kappa shape index (κ2) is 11.8. The number of amides is 1. The molecular weight excluding hydrogens is 447 g/mol. The van der Waals surface area contributed by atoms with Gasteiger partial charge >= 0.3 is 0 Å². The number of hydrogen-bond donors (Lipinski definition) is 1. The second-order valence-corrected chi connectivity index (χ2v) is 9.01. The molecule has 1 aliphatic carbocycles. The number of aromatic nitrogens is 1. The second-order valence-electron chi connectivity index (χ2n) is 8.57. The molecule has 4 aromatic rings. The fourth-order valence-corrected chi connectivity index (χ4v) is 4.52. The Balaban J connectivity index is 0.000000161. The molecule has 0 spiro atoms. The quantitative estimate of drug-likeness (QED) is 0.329. The molecule has 1 aliphatic rings. The summed E-state index contributed by atoms with van der Waals surface area (Å²) in [5.41, 5.74) is 3.89. The van der Waals surface area contributed by atoms with Crippen LogP contribution in [0.1, 0.15) is 59.5 Å². The zero-order valence-corrected chi connectivity index (χ0v) is 19.8. The van der Waals surface area contributed by atoms with Crippen molar-refractivity contribution in [1.82, 2.24) is 10.3 Å². The van der Waals surface area contributed by atoms with Crippen molar-refractivity contribution in [2.75, 3.05) is 0 Å². The predicted octanol–water partition coefficient (Wildman–Crippen LogP) is 7.69. The van der Waals surface area contributed by atoms with Crippen molar-refractivity contribution in [3.05, 3.63) is 113 Å². The van der Waals surface area contributed by atoms with E-state index in [1.54, 1.807) is 36.4 Å². The summed E-state index contributed by atoms with van der Waals surface area (Å²) >= 11 is 5.76. The van der Waals surface area contributed by atoms with Crippen LogP contribution in [0, 0.1) is 5.82 Å². The van der Waals surface area contributed by atoms with E-state index in [2.05, 4.69) is 16.4 Å². The number of benzene rings is 3. The smallest absolute Gasteiger partial charge is 0.251 e. The number of halogens is 2. The van der Waals surface area contributed by atoms with Gasteiger partial charge in [-0.2, -0.15) is 0 Å². The van der Waals surface area contributed by atoms with Crippen molar-refractivity contribution in [3.63, 3.8) is 0 Å². The van der Waals surface area contributed by atoms with E-state index in [-0.39, 0.29) is 11.7 Å². The molecule has 5 heteroatoms. The Bertz CT molecular complexity index is 1220. The number of rotatable bonds is 4. The van der Waals surface area contributed by atoms with Crippen LogP contribution in [-0.2, 0) is 6.54 Å². The molecular formula is C29H28ClFN2O. The summed E-state index contributed by atoms with van der Waals surface area (Å²) in [5.74, 6) is 0.337. The Labute approximate surface area is 205 Å². The third-order valence-electron chi connectivity index (χ3n) is 6.18. The fourth-order valence-electron chi connectivity index (χ4n) is 4.39. The lowest BCUT2D eigenvalue weighted by molar-refractivity contribution is 0.0951. The maximum absolute atomic E-state index is 13.4. The van der Waals surface area contributed by atoms with Gasteiger partial charge in [0.25, 0.3) is 5.91 Å². The van der Waals surface area contributed by atoms with E-state index in [0.717, 1.165) is 16.5 Å². The first-order valence-corrected chi connectivity index (χ1v) is 12.1. The number of fused-ring (bicyclic) bond motifs is 1. The summed E-state index contributed by atoms with van der Waals surface area (Å²) in [6, 6.07) is 23.6. The van der Waals surface area contributed by atoms with Gasteiger partial charge in [-0.15, -0.1) is 0 Å². The maximum atomic E-state index is 13.4. The first kappa shape index (κ1) is 23.9. The average Bonchev–Trinajstić information content (AvgIpc) is 2.89. The fraction of sp³-hybridized carbons (Fsp3) is 0.241. The van der Waals surface area contributed by atoms with Crippen molar-refractivity contribution in [2.45, 2.75) is 44.6 Å². The number of pyridine rings is 1. The highest BCUT2D eigenvalue weighted by atomic mass is 35.5. The lowest BCUT2D eigenvalue weighted by Crippen LogP contribution is -2.22. The van der Waals surface area contributed by atoms with E-state index in [0.29, 0.717) is 23.0 Å². The van der Waals surface area contributed by atoms with Gasteiger partial charge in [-0.05, 0) is 78.4 Å². The highest BCUT2D eigenvalue weighted by Crippen LogP contribution is 2.35. The zero-order chi connectivity index (χ0) is 23.8. The van der Waals surface area contributed by atoms with Crippen LogP contribution in [0.25, 0.3) is 10.9 Å². The molecule has 1 heterocycles. The van der Waals surface area contributed by atoms with Gasteiger partial charge in [0.1, 0.15) is 5.82 Å². The lowest BCUT2D eigenvalue weighted by Gasteiger charge is -2.23. The third kappa shape index (κ3) is 6.42. The van der Waals surface area contributed by atoms with Crippen molar-refractivity contribution < 1.29 is 9.18 Å². The molecule has 174 valence electrons. The molecule has 3 aromatic carbocycles. The third-order valence-corrected chi connectivity index (χ3v) is 6.44. The summed E-state index contributed by atoms with van der Waals surface area (Å²) in [4.78, 5) is 16.1. The van der Waals surface area contributed by atoms with Gasteiger partial charge in [-0.3, -0.25) is 9.78 Å². The highest BCUT2D eigenvalue weighted by molar-refractivity contribution is 6.30. The summed E-state index contributed by atoms with van der Waals surface area (Å²) < 4.78 is 13.4. The molecule has 1 aromatic heterocycles. The summed E-state index contributed by atoms with van der Waals surface area (Å²) in [6.45, 7) is 0.530. The van der Waals surface area contributed by atoms with Crippen molar-refractivity contribution >= 4 is 28.4 Å². The first-order valence-electron chi connectivity index (χ1n) is 11.7. The summed E-state index contributed by atoms with van der Waals surface area (Å²) in [5, 5.41) is 4.48. The minimum atomic E-state index is -0.164. The van der Waals surface area contributed by atoms with Crippen LogP contribution in [0.15, 0.2) is 85.1 Å². The lowest BCUT2D eigenvalue weighted by atomic mass is 9.83. The van der Waals surface area contributed by atoms with Gasteiger partial charge in [0.2, 0.25) is 0 Å². The topological polar surface area (TPSA) is 42.0 Å². The van der Waals surface area contributed by atoms with E-state index in [4.69, 9.17) is 11.6 Å². The van der Waals surface area contributed by atoms with Crippen molar-refractivity contribution in [1.29, 1.82) is 0 Å². The van der Waals surface area contributed by atoms with E-state index >= 15 is 0 Å². The normalized spacial score (nSPS) is 13.7. The molecule has 1 N–H and O–H groups in total. The van der Waals surface area contributed by atoms with Gasteiger partial charge in [0.05, 0.1) is 5.52 Å². The SMILES string of the molecule is Fc1ccc2nccc(C3CCCCC3)c2c1.O=C(NCc1ccccc1)c1ccc(Cl)cc1. The minimum absolute atomic E-state index is 0.0921. The van der Waals surface area contributed by atoms with E-state index in [1.165, 1.54) is 43.7 Å². The van der Waals surface area contributed by atoms with Gasteiger partial charge in [-0.25, -0.2) is 4.39 Å². The summed E-state index contributed by atoms with van der Waals surface area (Å²) in [7, 11) is 0. The number of hydrogen-bond acceptors (Lipinski definition) is 2. The first-order chi connectivity index (χ1) is 16.6. The van der Waals surface area contributed by atoms with E-state index in [1.807, 2.05) is 36.5 Å². The number of nitrogens with one attached hydrogen (secondary N) is 1. The minimum Gasteiger partial charge on any atom is -0.348 e. The Morgan fingerprint density at radius 2 is 1.68 bits per heavy atom. The van der Waals surface area contributed by atoms with Crippen LogP contribution in [0.4, 0.5) is 4.39 Å². The van der Waals surface area contributed by atoms with Gasteiger partial charge in [0, 0.05) is 28.7 Å². The Morgan fingerprint density at radius 3 is 2.41 bits per heavy atom. The number of carbonyl (C=O) groups excluding carboxylic acids is 1. The average molecular weight is 475 g/mol. The molecule has 1 amide bonds. The van der Waals surface area contributed by atoms with Gasteiger partial charge in [-0.1, -0.05) is 61.2 Å². The number of nitrogens with zero attached hydrogens (tertiary/aromatic N) is 1. The zero-order valence-electron chi connectivity index (χ0n) is 19.0. The van der Waals surface area contributed by atoms with E-state index in [9.17, 15) is 9.18 Å². The molecule has 0 radical (unpaired) electrons. The maximum Gasteiger partial charge on any atom is 0.251 e. The molecule has 0 saturated heterocycles. The van der Waals surface area contributed by atoms with Crippen LogP contribution < -0.4 is 5.32 Å².